The third kappa shape index (κ3) is 3.36. The lowest BCUT2D eigenvalue weighted by atomic mass is 10.0. The van der Waals surface area contributed by atoms with Gasteiger partial charge < -0.3 is 18.9 Å². The summed E-state index contributed by atoms with van der Waals surface area (Å²) in [4.78, 5) is 19.2. The minimum absolute atomic E-state index is 0.156. The van der Waals surface area contributed by atoms with Crippen molar-refractivity contribution in [3.05, 3.63) is 54.0 Å². The van der Waals surface area contributed by atoms with Gasteiger partial charge in [-0.15, -0.1) is 0 Å². The van der Waals surface area contributed by atoms with Crippen molar-refractivity contribution in [1.82, 2.24) is 4.90 Å². The number of oxime groups is 1. The summed E-state index contributed by atoms with van der Waals surface area (Å²) in [6.45, 7) is 0.447. The Morgan fingerprint density at radius 3 is 2.78 bits per heavy atom. The largest absolute Gasteiger partial charge is 0.497 e. The SMILES string of the molecule is COc1ccc(C2=NO[C@@H](CN(C)C(=O)c3ccco3)C2)cc1. The summed E-state index contributed by atoms with van der Waals surface area (Å²) in [6, 6.07) is 11.0. The summed E-state index contributed by atoms with van der Waals surface area (Å²) >= 11 is 0. The van der Waals surface area contributed by atoms with Gasteiger partial charge in [0.25, 0.3) is 5.91 Å². The van der Waals surface area contributed by atoms with Crippen LogP contribution in [0.2, 0.25) is 0 Å². The van der Waals surface area contributed by atoms with E-state index in [2.05, 4.69) is 5.16 Å². The molecule has 0 spiro atoms. The van der Waals surface area contributed by atoms with Crippen molar-refractivity contribution in [2.45, 2.75) is 12.5 Å². The van der Waals surface area contributed by atoms with Crippen molar-refractivity contribution in [2.24, 2.45) is 5.16 Å². The highest BCUT2D eigenvalue weighted by Gasteiger charge is 2.26. The van der Waals surface area contributed by atoms with Crippen molar-refractivity contribution < 1.29 is 18.8 Å². The summed E-state index contributed by atoms with van der Waals surface area (Å²) in [5.41, 5.74) is 1.87. The molecular formula is C17H18N2O4. The highest BCUT2D eigenvalue weighted by Crippen LogP contribution is 2.20. The second-order valence-electron chi connectivity index (χ2n) is 5.36. The molecule has 0 saturated heterocycles. The molecule has 2 heterocycles. The number of benzene rings is 1. The van der Waals surface area contributed by atoms with Crippen molar-refractivity contribution >= 4 is 11.6 Å². The molecule has 1 aromatic carbocycles. The number of hydrogen-bond donors (Lipinski definition) is 0. The van der Waals surface area contributed by atoms with Crippen molar-refractivity contribution in [2.75, 3.05) is 20.7 Å². The first-order valence-electron chi connectivity index (χ1n) is 7.33. The van der Waals surface area contributed by atoms with E-state index in [1.54, 1.807) is 31.2 Å². The van der Waals surface area contributed by atoms with Gasteiger partial charge in [0.15, 0.2) is 11.9 Å². The van der Waals surface area contributed by atoms with Crippen LogP contribution in [0.4, 0.5) is 0 Å². The van der Waals surface area contributed by atoms with Crippen LogP contribution in [0.15, 0.2) is 52.2 Å². The van der Waals surface area contributed by atoms with E-state index in [0.717, 1.165) is 17.0 Å². The maximum absolute atomic E-state index is 12.1. The first-order chi connectivity index (χ1) is 11.2. The highest BCUT2D eigenvalue weighted by atomic mass is 16.6. The molecule has 0 unspecified atom stereocenters. The van der Waals surface area contributed by atoms with Crippen LogP contribution in [0.25, 0.3) is 0 Å². The number of carbonyl (C=O) groups excluding carboxylic acids is 1. The average Bonchev–Trinajstić information content (AvgIpc) is 3.26. The van der Waals surface area contributed by atoms with E-state index in [-0.39, 0.29) is 12.0 Å². The predicted octanol–water partition coefficient (Wildman–Crippen LogP) is 2.55. The molecule has 0 fully saturated rings. The average molecular weight is 314 g/mol. The molecule has 0 radical (unpaired) electrons. The minimum atomic E-state index is -0.170. The highest BCUT2D eigenvalue weighted by molar-refractivity contribution is 6.01. The molecule has 0 saturated carbocycles. The van der Waals surface area contributed by atoms with Gasteiger partial charge >= 0.3 is 0 Å². The standard InChI is InChI=1S/C17H18N2O4/c1-19(17(20)16-4-3-9-22-16)11-14-10-15(18-23-14)12-5-7-13(21-2)8-6-12/h3-9,14H,10-11H2,1-2H3/t14-/m1/s1. The van der Waals surface area contributed by atoms with Gasteiger partial charge in [-0.3, -0.25) is 4.79 Å². The maximum atomic E-state index is 12.1. The minimum Gasteiger partial charge on any atom is -0.497 e. The van der Waals surface area contributed by atoms with Gasteiger partial charge in [-0.1, -0.05) is 5.16 Å². The van der Waals surface area contributed by atoms with Crippen LogP contribution in [-0.2, 0) is 4.84 Å². The van der Waals surface area contributed by atoms with E-state index in [4.69, 9.17) is 14.0 Å². The molecule has 6 nitrogen and oxygen atoms in total. The Morgan fingerprint density at radius 2 is 2.13 bits per heavy atom. The first kappa shape index (κ1) is 15.1. The second-order valence-corrected chi connectivity index (χ2v) is 5.36. The Bertz CT molecular complexity index is 692. The van der Waals surface area contributed by atoms with Gasteiger partial charge in [-0.25, -0.2) is 0 Å². The Morgan fingerprint density at radius 1 is 1.35 bits per heavy atom. The monoisotopic (exact) mass is 314 g/mol. The van der Waals surface area contributed by atoms with Crippen LogP contribution in [0, 0.1) is 0 Å². The smallest absolute Gasteiger partial charge is 0.289 e. The summed E-state index contributed by atoms with van der Waals surface area (Å²) in [5.74, 6) is 0.951. The third-order valence-corrected chi connectivity index (χ3v) is 3.71. The fourth-order valence-corrected chi connectivity index (χ4v) is 2.46. The molecule has 23 heavy (non-hydrogen) atoms. The molecule has 2 aromatic rings. The van der Waals surface area contributed by atoms with Gasteiger partial charge in [-0.2, -0.15) is 0 Å². The number of ether oxygens (including phenoxy) is 1. The number of hydrogen-bond acceptors (Lipinski definition) is 5. The van der Waals surface area contributed by atoms with E-state index >= 15 is 0 Å². The molecule has 1 aliphatic heterocycles. The third-order valence-electron chi connectivity index (χ3n) is 3.71. The molecule has 3 rings (SSSR count). The van der Waals surface area contributed by atoms with Crippen LogP contribution < -0.4 is 4.74 Å². The van der Waals surface area contributed by atoms with E-state index in [9.17, 15) is 4.79 Å². The number of nitrogens with zero attached hydrogens (tertiary/aromatic N) is 2. The summed E-state index contributed by atoms with van der Waals surface area (Å²) in [5, 5.41) is 4.13. The number of likely N-dealkylation sites (N-methyl/N-ethyl adjacent to an activating group) is 1. The van der Waals surface area contributed by atoms with Crippen molar-refractivity contribution in [3.8, 4) is 5.75 Å². The molecule has 0 N–H and O–H groups in total. The van der Waals surface area contributed by atoms with Crippen LogP contribution in [0.3, 0.4) is 0 Å². The maximum Gasteiger partial charge on any atom is 0.289 e. The molecule has 0 aliphatic carbocycles. The van der Waals surface area contributed by atoms with Gasteiger partial charge in [0.1, 0.15) is 5.75 Å². The van der Waals surface area contributed by atoms with Crippen LogP contribution in [0.5, 0.6) is 5.75 Å². The second kappa shape index (κ2) is 6.56. The van der Waals surface area contributed by atoms with E-state index in [1.807, 2.05) is 24.3 Å². The van der Waals surface area contributed by atoms with Gasteiger partial charge in [0.05, 0.1) is 25.6 Å². The number of methoxy groups -OCH3 is 1. The quantitative estimate of drug-likeness (QED) is 0.851. The lowest BCUT2D eigenvalue weighted by Gasteiger charge is -2.18. The molecule has 1 atom stereocenters. The molecule has 1 aliphatic rings. The zero-order valence-corrected chi connectivity index (χ0v) is 13.1. The number of carbonyl (C=O) groups is 1. The zero-order valence-electron chi connectivity index (χ0n) is 13.1. The molecule has 120 valence electrons. The Kier molecular flexibility index (Phi) is 4.32. The number of rotatable bonds is 5. The Balaban J connectivity index is 1.57. The summed E-state index contributed by atoms with van der Waals surface area (Å²) in [7, 11) is 3.35. The Labute approximate surface area is 134 Å². The summed E-state index contributed by atoms with van der Waals surface area (Å²) < 4.78 is 10.3. The van der Waals surface area contributed by atoms with E-state index < -0.39 is 0 Å². The fraction of sp³-hybridized carbons (Fsp3) is 0.294. The number of furan rings is 1. The summed E-state index contributed by atoms with van der Waals surface area (Å²) in [6.07, 6.45) is 1.98. The van der Waals surface area contributed by atoms with Crippen LogP contribution in [0.1, 0.15) is 22.5 Å². The zero-order chi connectivity index (χ0) is 16.2. The molecule has 1 aromatic heterocycles. The van der Waals surface area contributed by atoms with Crippen molar-refractivity contribution in [1.29, 1.82) is 0 Å². The lowest BCUT2D eigenvalue weighted by molar-refractivity contribution is 0.0464. The fourth-order valence-electron chi connectivity index (χ4n) is 2.46. The molecule has 0 bridgehead atoms. The predicted molar refractivity (Wildman–Crippen MR) is 84.7 cm³/mol. The van der Waals surface area contributed by atoms with Crippen molar-refractivity contribution in [3.63, 3.8) is 0 Å². The Hall–Kier alpha value is -2.76. The first-order valence-corrected chi connectivity index (χ1v) is 7.33. The normalized spacial score (nSPS) is 16.6. The van der Waals surface area contributed by atoms with E-state index in [1.165, 1.54) is 6.26 Å². The molecule has 1 amide bonds. The van der Waals surface area contributed by atoms with Crippen LogP contribution >= 0.6 is 0 Å². The van der Waals surface area contributed by atoms with Crippen LogP contribution in [-0.4, -0.2) is 43.3 Å². The molecular weight excluding hydrogens is 296 g/mol. The van der Waals surface area contributed by atoms with Gasteiger partial charge in [0, 0.05) is 13.5 Å². The number of amides is 1. The van der Waals surface area contributed by atoms with Gasteiger partial charge in [0.2, 0.25) is 0 Å². The van der Waals surface area contributed by atoms with E-state index in [0.29, 0.717) is 18.7 Å². The topological polar surface area (TPSA) is 64.3 Å². The lowest BCUT2D eigenvalue weighted by Crippen LogP contribution is -2.34. The molecule has 6 heteroatoms. The van der Waals surface area contributed by atoms with Gasteiger partial charge in [-0.05, 0) is 42.0 Å².